The highest BCUT2D eigenvalue weighted by atomic mass is 127. The molecule has 0 aliphatic heterocycles. The predicted molar refractivity (Wildman–Crippen MR) is 166 cm³/mol. The molecule has 4 heteroatoms. The number of halogens is 2. The fraction of sp³-hybridized carbons (Fsp3) is 0.188. The number of ketones is 2. The lowest BCUT2D eigenvalue weighted by Crippen LogP contribution is -2.17. The second kappa shape index (κ2) is 12.3. The predicted octanol–water partition coefficient (Wildman–Crippen LogP) is 9.20. The molecule has 0 fully saturated rings. The molecule has 0 atom stereocenters. The number of carbonyl (C=O) groups is 2. The van der Waals surface area contributed by atoms with Crippen molar-refractivity contribution in [2.75, 3.05) is 0 Å². The Kier molecular flexibility index (Phi) is 9.12. The summed E-state index contributed by atoms with van der Waals surface area (Å²) < 4.78 is 2.04. The van der Waals surface area contributed by atoms with E-state index in [0.717, 1.165) is 55.1 Å². The van der Waals surface area contributed by atoms with Crippen LogP contribution in [0.3, 0.4) is 0 Å². The molecular formula is C32H28I2O2. The first kappa shape index (κ1) is 26.7. The molecule has 0 aliphatic rings. The number of Topliss-reactive ketones (excluding diaryl/α,β-unsaturated/α-hetero) is 2. The number of aryl methyl sites for hydroxylation is 2. The number of benzene rings is 4. The molecule has 2 nitrogen and oxygen atoms in total. The van der Waals surface area contributed by atoms with Crippen molar-refractivity contribution in [3.05, 3.63) is 114 Å². The topological polar surface area (TPSA) is 34.1 Å². The van der Waals surface area contributed by atoms with Crippen LogP contribution in [-0.4, -0.2) is 11.6 Å². The van der Waals surface area contributed by atoms with Crippen LogP contribution in [0.15, 0.2) is 84.9 Å². The molecular weight excluding hydrogens is 670 g/mol. The smallest absolute Gasteiger partial charge is 0.234 e. The van der Waals surface area contributed by atoms with Crippen molar-refractivity contribution in [1.29, 1.82) is 0 Å². The minimum absolute atomic E-state index is 0.437. The summed E-state index contributed by atoms with van der Waals surface area (Å²) >= 11 is 4.50. The molecule has 0 heterocycles. The monoisotopic (exact) mass is 698 g/mol. The van der Waals surface area contributed by atoms with Crippen LogP contribution in [0, 0.1) is 7.14 Å². The van der Waals surface area contributed by atoms with E-state index >= 15 is 0 Å². The van der Waals surface area contributed by atoms with Crippen molar-refractivity contribution < 1.29 is 9.59 Å². The molecule has 0 spiro atoms. The maximum Gasteiger partial charge on any atom is 0.234 e. The van der Waals surface area contributed by atoms with Gasteiger partial charge in [-0.15, -0.1) is 0 Å². The molecule has 4 aromatic carbocycles. The molecule has 0 saturated carbocycles. The Morgan fingerprint density at radius 1 is 0.556 bits per heavy atom. The fourth-order valence-electron chi connectivity index (χ4n) is 4.43. The van der Waals surface area contributed by atoms with Gasteiger partial charge in [-0.3, -0.25) is 9.59 Å². The van der Waals surface area contributed by atoms with Crippen molar-refractivity contribution in [2.45, 2.75) is 39.5 Å². The molecule has 4 rings (SSSR count). The van der Waals surface area contributed by atoms with Gasteiger partial charge < -0.3 is 0 Å². The first-order chi connectivity index (χ1) is 17.4. The van der Waals surface area contributed by atoms with E-state index in [-0.39, 0.29) is 0 Å². The summed E-state index contributed by atoms with van der Waals surface area (Å²) in [5.41, 5.74) is 6.88. The van der Waals surface area contributed by atoms with Gasteiger partial charge in [-0.25, -0.2) is 0 Å². The molecule has 0 bridgehead atoms. The molecule has 0 saturated heterocycles. The maximum atomic E-state index is 13.7. The molecule has 0 aliphatic carbocycles. The van der Waals surface area contributed by atoms with Crippen LogP contribution in [0.4, 0.5) is 0 Å². The minimum atomic E-state index is -0.482. The van der Waals surface area contributed by atoms with Crippen molar-refractivity contribution in [1.82, 2.24) is 0 Å². The second-order valence-corrected chi connectivity index (χ2v) is 11.4. The van der Waals surface area contributed by atoms with Gasteiger partial charge in [0.2, 0.25) is 11.6 Å². The van der Waals surface area contributed by atoms with Crippen molar-refractivity contribution in [3.63, 3.8) is 0 Å². The Morgan fingerprint density at radius 3 is 1.25 bits per heavy atom. The van der Waals surface area contributed by atoms with Crippen molar-refractivity contribution >= 4 is 56.7 Å². The van der Waals surface area contributed by atoms with Crippen LogP contribution >= 0.6 is 45.2 Å². The SMILES string of the molecule is CCCc1ccc(-c2cc(I)ccc2C(=O)C(=O)c2ccc(I)cc2-c2ccc(CCC)cc2)cc1. The van der Waals surface area contributed by atoms with Gasteiger partial charge in [0.05, 0.1) is 0 Å². The van der Waals surface area contributed by atoms with Gasteiger partial charge in [-0.2, -0.15) is 0 Å². The zero-order valence-corrected chi connectivity index (χ0v) is 24.8. The highest BCUT2D eigenvalue weighted by Crippen LogP contribution is 2.31. The lowest BCUT2D eigenvalue weighted by atomic mass is 9.90. The number of carbonyl (C=O) groups excluding carboxylic acids is 2. The summed E-state index contributed by atoms with van der Waals surface area (Å²) in [6.45, 7) is 4.32. The molecule has 0 N–H and O–H groups in total. The van der Waals surface area contributed by atoms with Crippen LogP contribution in [0.25, 0.3) is 22.3 Å². The van der Waals surface area contributed by atoms with E-state index in [1.54, 1.807) is 12.1 Å². The maximum absolute atomic E-state index is 13.7. The quantitative estimate of drug-likeness (QED) is 0.0993. The first-order valence-corrected chi connectivity index (χ1v) is 14.4. The van der Waals surface area contributed by atoms with Gasteiger partial charge in [0.1, 0.15) is 0 Å². The third-order valence-corrected chi connectivity index (χ3v) is 7.61. The van der Waals surface area contributed by atoms with Crippen LogP contribution < -0.4 is 0 Å². The molecule has 0 amide bonds. The Hall–Kier alpha value is -2.32. The average Bonchev–Trinajstić information content (AvgIpc) is 2.89. The van der Waals surface area contributed by atoms with Crippen molar-refractivity contribution in [3.8, 4) is 22.3 Å². The van der Waals surface area contributed by atoms with Gasteiger partial charge in [-0.05, 0) is 128 Å². The third kappa shape index (κ3) is 6.14. The molecule has 0 aromatic heterocycles. The van der Waals surface area contributed by atoms with Gasteiger partial charge >= 0.3 is 0 Å². The Bertz CT molecular complexity index is 1280. The van der Waals surface area contributed by atoms with Gasteiger partial charge in [0.25, 0.3) is 0 Å². The first-order valence-electron chi connectivity index (χ1n) is 12.3. The normalized spacial score (nSPS) is 10.9. The summed E-state index contributed by atoms with van der Waals surface area (Å²) in [6, 6.07) is 27.9. The standard InChI is InChI=1S/C32H28I2O2/c1-3-5-21-7-11-23(12-8-21)29-19-25(33)15-17-27(29)31(35)32(36)28-18-16-26(34)20-30(28)24-13-9-22(6-4-2)10-14-24/h7-20H,3-6H2,1-2H3. The van der Waals surface area contributed by atoms with E-state index in [1.807, 2.05) is 48.5 Å². The second-order valence-electron chi connectivity index (χ2n) is 8.93. The number of hydrogen-bond donors (Lipinski definition) is 0. The van der Waals surface area contributed by atoms with Gasteiger partial charge in [0.15, 0.2) is 0 Å². The fourth-order valence-corrected chi connectivity index (χ4v) is 5.41. The lowest BCUT2D eigenvalue weighted by Gasteiger charge is -2.13. The van der Waals surface area contributed by atoms with Crippen LogP contribution in [0.5, 0.6) is 0 Å². The molecule has 36 heavy (non-hydrogen) atoms. The summed E-state index contributed by atoms with van der Waals surface area (Å²) in [5.74, 6) is -0.965. The van der Waals surface area contributed by atoms with Crippen molar-refractivity contribution in [2.24, 2.45) is 0 Å². The molecule has 0 unspecified atom stereocenters. The Balaban J connectivity index is 1.73. The Labute approximate surface area is 240 Å². The number of hydrogen-bond acceptors (Lipinski definition) is 2. The van der Waals surface area contributed by atoms with E-state index in [1.165, 1.54) is 11.1 Å². The van der Waals surface area contributed by atoms with E-state index < -0.39 is 11.6 Å². The average molecular weight is 698 g/mol. The minimum Gasteiger partial charge on any atom is -0.285 e. The van der Waals surface area contributed by atoms with E-state index in [2.05, 4.69) is 83.3 Å². The zero-order valence-electron chi connectivity index (χ0n) is 20.5. The van der Waals surface area contributed by atoms with E-state index in [0.29, 0.717) is 11.1 Å². The third-order valence-electron chi connectivity index (χ3n) is 6.27. The molecule has 4 aromatic rings. The highest BCUT2D eigenvalue weighted by molar-refractivity contribution is 14.1. The molecule has 182 valence electrons. The van der Waals surface area contributed by atoms with Gasteiger partial charge in [0, 0.05) is 18.3 Å². The Morgan fingerprint density at radius 2 is 0.917 bits per heavy atom. The largest absolute Gasteiger partial charge is 0.285 e. The lowest BCUT2D eigenvalue weighted by molar-refractivity contribution is 0.0817. The number of rotatable bonds is 9. The summed E-state index contributed by atoms with van der Waals surface area (Å²) in [6.07, 6.45) is 4.21. The summed E-state index contributed by atoms with van der Waals surface area (Å²) in [5, 5.41) is 0. The van der Waals surface area contributed by atoms with Gasteiger partial charge in [-0.1, -0.05) is 75.2 Å². The van der Waals surface area contributed by atoms with E-state index in [9.17, 15) is 9.59 Å². The molecule has 0 radical (unpaired) electrons. The van der Waals surface area contributed by atoms with E-state index in [4.69, 9.17) is 0 Å². The summed E-state index contributed by atoms with van der Waals surface area (Å²) in [7, 11) is 0. The van der Waals surface area contributed by atoms with Crippen LogP contribution in [-0.2, 0) is 12.8 Å². The highest BCUT2D eigenvalue weighted by Gasteiger charge is 2.25. The van der Waals surface area contributed by atoms with Crippen LogP contribution in [0.1, 0.15) is 58.5 Å². The summed E-state index contributed by atoms with van der Waals surface area (Å²) in [4.78, 5) is 27.3. The van der Waals surface area contributed by atoms with Crippen LogP contribution in [0.2, 0.25) is 0 Å². The zero-order chi connectivity index (χ0) is 25.7.